The van der Waals surface area contributed by atoms with Gasteiger partial charge in [-0.05, 0) is 42.8 Å². The zero-order valence-electron chi connectivity index (χ0n) is 12.4. The van der Waals surface area contributed by atoms with Crippen molar-refractivity contribution < 1.29 is 9.21 Å². The van der Waals surface area contributed by atoms with E-state index in [-0.39, 0.29) is 11.3 Å². The second kappa shape index (κ2) is 6.27. The Morgan fingerprint density at radius 2 is 2.09 bits per heavy atom. The molecule has 0 aliphatic heterocycles. The molecular formula is C18H14N2O3. The Morgan fingerprint density at radius 3 is 2.91 bits per heavy atom. The summed E-state index contributed by atoms with van der Waals surface area (Å²) in [4.78, 5) is 28.2. The van der Waals surface area contributed by atoms with Gasteiger partial charge in [0.2, 0.25) is 5.91 Å². The van der Waals surface area contributed by atoms with Gasteiger partial charge in [-0.15, -0.1) is 0 Å². The Labute approximate surface area is 132 Å². The van der Waals surface area contributed by atoms with Crippen molar-refractivity contribution in [2.24, 2.45) is 0 Å². The van der Waals surface area contributed by atoms with Gasteiger partial charge in [0.1, 0.15) is 17.7 Å². The molecule has 3 rings (SSSR count). The van der Waals surface area contributed by atoms with Crippen LogP contribution in [0.4, 0.5) is 5.82 Å². The molecule has 2 aromatic heterocycles. The van der Waals surface area contributed by atoms with E-state index in [2.05, 4.69) is 10.3 Å². The van der Waals surface area contributed by atoms with E-state index in [1.54, 1.807) is 36.5 Å². The lowest BCUT2D eigenvalue weighted by molar-refractivity contribution is -0.111. The highest BCUT2D eigenvalue weighted by Crippen LogP contribution is 2.11. The summed E-state index contributed by atoms with van der Waals surface area (Å²) in [6.07, 6.45) is 5.68. The van der Waals surface area contributed by atoms with Crippen LogP contribution < -0.4 is 10.7 Å². The maximum atomic E-state index is 12.3. The highest BCUT2D eigenvalue weighted by Gasteiger charge is 2.05. The number of nitrogens with one attached hydrogen (secondary N) is 1. The molecule has 1 amide bonds. The predicted molar refractivity (Wildman–Crippen MR) is 89.1 cm³/mol. The molecule has 0 aliphatic carbocycles. The van der Waals surface area contributed by atoms with Gasteiger partial charge >= 0.3 is 0 Å². The van der Waals surface area contributed by atoms with Crippen molar-refractivity contribution in [1.82, 2.24) is 4.98 Å². The molecule has 0 saturated carbocycles. The average molecular weight is 306 g/mol. The zero-order chi connectivity index (χ0) is 16.2. The fraction of sp³-hybridized carbons (Fsp3) is 0.0556. The number of fused-ring (bicyclic) bond motifs is 1. The van der Waals surface area contributed by atoms with Gasteiger partial charge < -0.3 is 9.73 Å². The molecule has 0 saturated heterocycles. The number of pyridine rings is 1. The molecule has 0 aliphatic rings. The Hall–Kier alpha value is -3.21. The van der Waals surface area contributed by atoms with E-state index in [4.69, 9.17) is 4.42 Å². The van der Waals surface area contributed by atoms with E-state index in [1.165, 1.54) is 18.4 Å². The number of amides is 1. The monoisotopic (exact) mass is 306 g/mol. The number of hydrogen-bond acceptors (Lipinski definition) is 4. The summed E-state index contributed by atoms with van der Waals surface area (Å²) >= 11 is 0. The first kappa shape index (κ1) is 14.7. The maximum absolute atomic E-state index is 12.3. The van der Waals surface area contributed by atoms with Gasteiger partial charge in [-0.25, -0.2) is 4.98 Å². The molecule has 0 radical (unpaired) electrons. The molecule has 0 fully saturated rings. The van der Waals surface area contributed by atoms with Crippen LogP contribution in [-0.4, -0.2) is 10.9 Å². The highest BCUT2D eigenvalue weighted by molar-refractivity contribution is 6.01. The number of aryl methyl sites for hydroxylation is 1. The minimum Gasteiger partial charge on any atom is -0.463 e. The molecule has 1 N–H and O–H groups in total. The Kier molecular flexibility index (Phi) is 4.01. The summed E-state index contributed by atoms with van der Waals surface area (Å²) in [7, 11) is 0. The summed E-state index contributed by atoms with van der Waals surface area (Å²) in [6, 6.07) is 10.6. The van der Waals surface area contributed by atoms with E-state index < -0.39 is 0 Å². The second-order valence-electron chi connectivity index (χ2n) is 5.06. The van der Waals surface area contributed by atoms with Crippen molar-refractivity contribution in [3.63, 3.8) is 0 Å². The second-order valence-corrected chi connectivity index (χ2v) is 5.06. The number of rotatable bonds is 3. The van der Waals surface area contributed by atoms with Crippen LogP contribution in [0.3, 0.4) is 0 Å². The fourth-order valence-electron chi connectivity index (χ4n) is 2.15. The lowest BCUT2D eigenvalue weighted by atomic mass is 10.1. The first-order valence-electron chi connectivity index (χ1n) is 7.06. The first-order valence-corrected chi connectivity index (χ1v) is 7.06. The lowest BCUT2D eigenvalue weighted by Crippen LogP contribution is -2.10. The van der Waals surface area contributed by atoms with Crippen LogP contribution in [0.2, 0.25) is 0 Å². The highest BCUT2D eigenvalue weighted by atomic mass is 16.3. The van der Waals surface area contributed by atoms with Gasteiger partial charge in [-0.1, -0.05) is 12.1 Å². The first-order chi connectivity index (χ1) is 11.1. The van der Waals surface area contributed by atoms with Crippen molar-refractivity contribution in [1.29, 1.82) is 0 Å². The van der Waals surface area contributed by atoms with Gasteiger partial charge in [0.15, 0.2) is 5.43 Å². The molecule has 0 unspecified atom stereocenters. The van der Waals surface area contributed by atoms with E-state index >= 15 is 0 Å². The zero-order valence-corrected chi connectivity index (χ0v) is 12.4. The Balaban J connectivity index is 1.81. The lowest BCUT2D eigenvalue weighted by Gasteiger charge is -2.01. The third-order valence-electron chi connectivity index (χ3n) is 3.29. The number of anilines is 1. The third kappa shape index (κ3) is 3.35. The number of carbonyl (C=O) groups excluding carboxylic acids is 1. The molecule has 114 valence electrons. The van der Waals surface area contributed by atoms with Gasteiger partial charge in [0.05, 0.1) is 10.9 Å². The van der Waals surface area contributed by atoms with Crippen LogP contribution in [0.15, 0.2) is 64.1 Å². The summed E-state index contributed by atoms with van der Waals surface area (Å²) in [5.41, 5.74) is 1.65. The van der Waals surface area contributed by atoms with Crippen LogP contribution >= 0.6 is 0 Å². The van der Waals surface area contributed by atoms with E-state index in [9.17, 15) is 9.59 Å². The Bertz CT molecular complexity index is 958. The van der Waals surface area contributed by atoms with Crippen molar-refractivity contribution in [2.75, 3.05) is 5.32 Å². The molecule has 1 aromatic carbocycles. The van der Waals surface area contributed by atoms with Crippen LogP contribution in [0, 0.1) is 6.92 Å². The van der Waals surface area contributed by atoms with Crippen LogP contribution in [0.25, 0.3) is 17.0 Å². The number of hydrogen-bond donors (Lipinski definition) is 1. The van der Waals surface area contributed by atoms with Crippen molar-refractivity contribution in [3.8, 4) is 0 Å². The largest absolute Gasteiger partial charge is 0.463 e. The fourth-order valence-corrected chi connectivity index (χ4v) is 2.15. The third-order valence-corrected chi connectivity index (χ3v) is 3.29. The summed E-state index contributed by atoms with van der Waals surface area (Å²) < 4.78 is 5.39. The normalized spacial score (nSPS) is 11.0. The predicted octanol–water partition coefficient (Wildman–Crippen LogP) is 3.15. The van der Waals surface area contributed by atoms with E-state index in [1.807, 2.05) is 13.0 Å². The van der Waals surface area contributed by atoms with E-state index in [0.717, 1.165) is 5.56 Å². The number of nitrogens with zero attached hydrogens (tertiary/aromatic N) is 1. The van der Waals surface area contributed by atoms with Gasteiger partial charge in [0, 0.05) is 12.3 Å². The minimum atomic E-state index is -0.365. The summed E-state index contributed by atoms with van der Waals surface area (Å²) in [5, 5.41) is 3.12. The van der Waals surface area contributed by atoms with Gasteiger partial charge in [0.25, 0.3) is 0 Å². The smallest absolute Gasteiger partial charge is 0.249 e. The minimum absolute atomic E-state index is 0.176. The number of para-hydroxylation sites is 1. The van der Waals surface area contributed by atoms with Crippen molar-refractivity contribution >= 4 is 28.8 Å². The Morgan fingerprint density at radius 1 is 1.26 bits per heavy atom. The molecule has 3 aromatic rings. The number of benzene rings is 1. The van der Waals surface area contributed by atoms with Crippen molar-refractivity contribution in [2.45, 2.75) is 6.92 Å². The average Bonchev–Trinajstić information content (AvgIpc) is 2.54. The van der Waals surface area contributed by atoms with Crippen molar-refractivity contribution in [3.05, 3.63) is 76.3 Å². The topological polar surface area (TPSA) is 72.2 Å². The molecular weight excluding hydrogens is 292 g/mol. The SMILES string of the molecule is Cc1ccnc(NC(=O)/C=C/c2coc3ccccc3c2=O)c1. The van der Waals surface area contributed by atoms with Crippen LogP contribution in [0.1, 0.15) is 11.1 Å². The van der Waals surface area contributed by atoms with Gasteiger partial charge in [-0.2, -0.15) is 0 Å². The number of carbonyl (C=O) groups is 1. The molecule has 0 atom stereocenters. The molecule has 23 heavy (non-hydrogen) atoms. The van der Waals surface area contributed by atoms with E-state index in [0.29, 0.717) is 22.4 Å². The molecule has 2 heterocycles. The summed E-state index contributed by atoms with van der Waals surface area (Å²) in [6.45, 7) is 1.91. The van der Waals surface area contributed by atoms with Crippen LogP contribution in [0.5, 0.6) is 0 Å². The summed E-state index contributed by atoms with van der Waals surface area (Å²) in [5.74, 6) is 0.0980. The molecule has 5 heteroatoms. The molecule has 5 nitrogen and oxygen atoms in total. The van der Waals surface area contributed by atoms with Gasteiger partial charge in [-0.3, -0.25) is 9.59 Å². The van der Waals surface area contributed by atoms with Crippen LogP contribution in [-0.2, 0) is 4.79 Å². The number of aromatic nitrogens is 1. The standard InChI is InChI=1S/C18H14N2O3/c1-12-8-9-19-16(10-12)20-17(21)7-6-13-11-23-15-5-3-2-4-14(15)18(13)22/h2-11H,1H3,(H,19,20,21)/b7-6+. The maximum Gasteiger partial charge on any atom is 0.249 e. The quantitative estimate of drug-likeness (QED) is 0.754. The molecule has 0 spiro atoms. The molecule has 0 bridgehead atoms.